The maximum absolute atomic E-state index is 11.8. The van der Waals surface area contributed by atoms with Crippen LogP contribution in [0.15, 0.2) is 35.5 Å². The Morgan fingerprint density at radius 3 is 2.63 bits per heavy atom. The average Bonchev–Trinajstić information content (AvgIpc) is 2.45. The van der Waals surface area contributed by atoms with Gasteiger partial charge in [0.15, 0.2) is 0 Å². The summed E-state index contributed by atoms with van der Waals surface area (Å²) < 4.78 is 0. The predicted octanol–water partition coefficient (Wildman–Crippen LogP) is 1.60. The molecule has 104 valence electrons. The van der Waals surface area contributed by atoms with Crippen LogP contribution in [0.1, 0.15) is 24.8 Å². The van der Waals surface area contributed by atoms with Gasteiger partial charge in [-0.25, -0.2) is 0 Å². The lowest BCUT2D eigenvalue weighted by atomic mass is 10.1. The highest BCUT2D eigenvalue weighted by Crippen LogP contribution is 2.06. The minimum atomic E-state index is 0.0849. The summed E-state index contributed by atoms with van der Waals surface area (Å²) in [6.45, 7) is 0.472. The summed E-state index contributed by atoms with van der Waals surface area (Å²) in [4.78, 5) is 13.4. The molecule has 19 heavy (non-hydrogen) atoms. The Hall–Kier alpha value is -2.04. The fourth-order valence-corrected chi connectivity index (χ4v) is 1.74. The normalized spacial score (nSPS) is 11.3. The van der Waals surface area contributed by atoms with Crippen LogP contribution < -0.4 is 5.73 Å². The summed E-state index contributed by atoms with van der Waals surface area (Å²) in [6.07, 6.45) is 2.64. The molecule has 0 spiro atoms. The van der Waals surface area contributed by atoms with E-state index in [1.165, 1.54) is 5.56 Å². The molecule has 0 aliphatic heterocycles. The first kappa shape index (κ1) is 15.0. The van der Waals surface area contributed by atoms with Gasteiger partial charge in [0.25, 0.3) is 0 Å². The Morgan fingerprint density at radius 1 is 1.32 bits per heavy atom. The molecular weight excluding hydrogens is 242 g/mol. The van der Waals surface area contributed by atoms with E-state index < -0.39 is 0 Å². The molecule has 0 saturated carbocycles. The number of benzene rings is 1. The van der Waals surface area contributed by atoms with Crippen molar-refractivity contribution in [3.05, 3.63) is 35.9 Å². The molecule has 0 aliphatic rings. The van der Waals surface area contributed by atoms with Crippen LogP contribution in [0, 0.1) is 0 Å². The van der Waals surface area contributed by atoms with Crippen molar-refractivity contribution >= 4 is 11.7 Å². The zero-order valence-corrected chi connectivity index (χ0v) is 11.2. The van der Waals surface area contributed by atoms with Crippen molar-refractivity contribution in [3.8, 4) is 0 Å². The van der Waals surface area contributed by atoms with E-state index in [2.05, 4.69) is 17.3 Å². The number of rotatable bonds is 7. The van der Waals surface area contributed by atoms with Gasteiger partial charge in [0.05, 0.1) is 0 Å². The molecule has 5 heteroatoms. The first-order valence-electron chi connectivity index (χ1n) is 6.37. The molecule has 0 aliphatic carbocycles. The largest absolute Gasteiger partial charge is 0.409 e. The van der Waals surface area contributed by atoms with Crippen LogP contribution in [-0.4, -0.2) is 35.4 Å². The topological polar surface area (TPSA) is 78.9 Å². The van der Waals surface area contributed by atoms with E-state index in [9.17, 15) is 4.79 Å². The van der Waals surface area contributed by atoms with Gasteiger partial charge in [0, 0.05) is 26.4 Å². The molecule has 0 fully saturated rings. The highest BCUT2D eigenvalue weighted by Gasteiger charge is 2.08. The van der Waals surface area contributed by atoms with Gasteiger partial charge in [0.2, 0.25) is 5.91 Å². The maximum Gasteiger partial charge on any atom is 0.222 e. The lowest BCUT2D eigenvalue weighted by Crippen LogP contribution is -2.30. The minimum Gasteiger partial charge on any atom is -0.409 e. The fourth-order valence-electron chi connectivity index (χ4n) is 1.74. The zero-order valence-electron chi connectivity index (χ0n) is 11.2. The lowest BCUT2D eigenvalue weighted by molar-refractivity contribution is -0.129. The third kappa shape index (κ3) is 5.90. The number of nitrogens with two attached hydrogens (primary N) is 1. The van der Waals surface area contributed by atoms with Gasteiger partial charge in [-0.1, -0.05) is 35.5 Å². The molecule has 1 amide bonds. The van der Waals surface area contributed by atoms with E-state index in [1.54, 1.807) is 11.9 Å². The fraction of sp³-hybridized carbons (Fsp3) is 0.429. The monoisotopic (exact) mass is 263 g/mol. The molecule has 0 unspecified atom stereocenters. The second kappa shape index (κ2) is 8.13. The highest BCUT2D eigenvalue weighted by molar-refractivity contribution is 5.81. The van der Waals surface area contributed by atoms with Crippen molar-refractivity contribution in [2.75, 3.05) is 13.6 Å². The first-order valence-corrected chi connectivity index (χ1v) is 6.37. The molecule has 0 saturated heterocycles. The Morgan fingerprint density at radius 2 is 2.00 bits per heavy atom. The SMILES string of the molecule is CN(CC/C(N)=N/O)C(=O)CCCc1ccccc1. The molecule has 0 bridgehead atoms. The summed E-state index contributed by atoms with van der Waals surface area (Å²) in [5, 5.41) is 11.3. The first-order chi connectivity index (χ1) is 9.13. The van der Waals surface area contributed by atoms with Crippen LogP contribution >= 0.6 is 0 Å². The molecule has 0 aromatic heterocycles. The molecule has 0 atom stereocenters. The smallest absolute Gasteiger partial charge is 0.222 e. The third-order valence-electron chi connectivity index (χ3n) is 2.96. The van der Waals surface area contributed by atoms with E-state index >= 15 is 0 Å². The molecular formula is C14H21N3O2. The van der Waals surface area contributed by atoms with Gasteiger partial charge < -0.3 is 15.8 Å². The van der Waals surface area contributed by atoms with Crippen LogP contribution in [0.25, 0.3) is 0 Å². The molecule has 1 aromatic rings. The summed E-state index contributed by atoms with van der Waals surface area (Å²) in [6, 6.07) is 10.1. The summed E-state index contributed by atoms with van der Waals surface area (Å²) in [5.74, 6) is 0.227. The number of oxime groups is 1. The summed E-state index contributed by atoms with van der Waals surface area (Å²) >= 11 is 0. The summed E-state index contributed by atoms with van der Waals surface area (Å²) in [5.41, 5.74) is 6.60. The van der Waals surface area contributed by atoms with Gasteiger partial charge in [0.1, 0.15) is 5.84 Å². The average molecular weight is 263 g/mol. The van der Waals surface area contributed by atoms with E-state index in [0.717, 1.165) is 12.8 Å². The lowest BCUT2D eigenvalue weighted by Gasteiger charge is -2.16. The van der Waals surface area contributed by atoms with Gasteiger partial charge >= 0.3 is 0 Å². The number of hydrogen-bond acceptors (Lipinski definition) is 3. The van der Waals surface area contributed by atoms with E-state index in [1.807, 2.05) is 18.2 Å². The number of nitrogens with zero attached hydrogens (tertiary/aromatic N) is 2. The van der Waals surface area contributed by atoms with Crippen molar-refractivity contribution in [2.24, 2.45) is 10.9 Å². The second-order valence-electron chi connectivity index (χ2n) is 4.50. The van der Waals surface area contributed by atoms with Crippen LogP contribution in [0.4, 0.5) is 0 Å². The number of carbonyl (C=O) groups excluding carboxylic acids is 1. The minimum absolute atomic E-state index is 0.0849. The molecule has 0 radical (unpaired) electrons. The molecule has 0 heterocycles. The molecule has 1 aromatic carbocycles. The van der Waals surface area contributed by atoms with Crippen molar-refractivity contribution < 1.29 is 10.0 Å². The van der Waals surface area contributed by atoms with E-state index in [4.69, 9.17) is 10.9 Å². The van der Waals surface area contributed by atoms with Gasteiger partial charge in [-0.05, 0) is 18.4 Å². The van der Waals surface area contributed by atoms with Crippen molar-refractivity contribution in [1.82, 2.24) is 4.90 Å². The van der Waals surface area contributed by atoms with Crippen LogP contribution in [0.5, 0.6) is 0 Å². The van der Waals surface area contributed by atoms with Crippen molar-refractivity contribution in [3.63, 3.8) is 0 Å². The number of hydrogen-bond donors (Lipinski definition) is 2. The molecule has 3 N–H and O–H groups in total. The molecule has 1 rings (SSSR count). The molecule has 5 nitrogen and oxygen atoms in total. The Bertz CT molecular complexity index is 418. The van der Waals surface area contributed by atoms with Gasteiger partial charge in [-0.15, -0.1) is 0 Å². The van der Waals surface area contributed by atoms with Gasteiger partial charge in [-0.2, -0.15) is 0 Å². The summed E-state index contributed by atoms with van der Waals surface area (Å²) in [7, 11) is 1.73. The van der Waals surface area contributed by atoms with Crippen LogP contribution in [0.2, 0.25) is 0 Å². The number of amides is 1. The number of aryl methyl sites for hydroxylation is 1. The van der Waals surface area contributed by atoms with E-state index in [0.29, 0.717) is 19.4 Å². The Labute approximate surface area is 113 Å². The van der Waals surface area contributed by atoms with Gasteiger partial charge in [-0.3, -0.25) is 4.79 Å². The number of amidine groups is 1. The van der Waals surface area contributed by atoms with Crippen LogP contribution in [0.3, 0.4) is 0 Å². The van der Waals surface area contributed by atoms with Crippen LogP contribution in [-0.2, 0) is 11.2 Å². The van der Waals surface area contributed by atoms with Crippen molar-refractivity contribution in [1.29, 1.82) is 0 Å². The predicted molar refractivity (Wildman–Crippen MR) is 75.0 cm³/mol. The third-order valence-corrected chi connectivity index (χ3v) is 2.96. The highest BCUT2D eigenvalue weighted by atomic mass is 16.4. The Kier molecular flexibility index (Phi) is 6.43. The Balaban J connectivity index is 2.23. The van der Waals surface area contributed by atoms with Crippen molar-refractivity contribution in [2.45, 2.75) is 25.7 Å². The quantitative estimate of drug-likeness (QED) is 0.339. The standard InChI is InChI=1S/C14H21N3O2/c1-17(11-10-13(15)16-19)14(18)9-5-8-12-6-3-2-4-7-12/h2-4,6-7,19H,5,8-11H2,1H3,(H2,15,16). The maximum atomic E-state index is 11.8. The van der Waals surface area contributed by atoms with E-state index in [-0.39, 0.29) is 11.7 Å². The zero-order chi connectivity index (χ0) is 14.1. The second-order valence-corrected chi connectivity index (χ2v) is 4.50. The number of carbonyl (C=O) groups is 1.